The summed E-state index contributed by atoms with van der Waals surface area (Å²) in [6.07, 6.45) is 0.590. The quantitative estimate of drug-likeness (QED) is 0.343. The fraction of sp³-hybridized carbons (Fsp3) is 0.133. The van der Waals surface area contributed by atoms with Crippen LogP contribution < -0.4 is 10.5 Å². The molecule has 2 rings (SSSR count). The molecule has 0 unspecified atom stereocenters. The molecule has 0 radical (unpaired) electrons. The monoisotopic (exact) mass is 306 g/mol. The first kappa shape index (κ1) is 15.2. The number of ether oxygens (including phenoxy) is 1. The number of hydrogen-bond acceptors (Lipinski definition) is 4. The minimum absolute atomic E-state index is 0.0993. The molecule has 0 aliphatic carbocycles. The lowest BCUT2D eigenvalue weighted by Gasteiger charge is -2.12. The Morgan fingerprint density at radius 1 is 1.19 bits per heavy atom. The maximum atomic E-state index is 8.88. The van der Waals surface area contributed by atoms with E-state index in [0.29, 0.717) is 28.5 Å². The normalized spacial score (nSPS) is 11.4. The Bertz CT molecular complexity index is 642. The number of oxime groups is 1. The Balaban J connectivity index is 2.29. The van der Waals surface area contributed by atoms with Crippen LogP contribution in [-0.4, -0.2) is 22.8 Å². The Hall–Kier alpha value is -2.24. The van der Waals surface area contributed by atoms with Crippen molar-refractivity contribution in [1.29, 1.82) is 0 Å². The van der Waals surface area contributed by atoms with Gasteiger partial charge in [-0.3, -0.25) is 0 Å². The first-order valence-electron chi connectivity index (χ1n) is 6.29. The van der Waals surface area contributed by atoms with E-state index in [9.17, 15) is 0 Å². The van der Waals surface area contributed by atoms with Crippen molar-refractivity contribution in [3.63, 3.8) is 0 Å². The van der Waals surface area contributed by atoms with Crippen LogP contribution in [0.25, 0.3) is 0 Å². The Kier molecular flexibility index (Phi) is 5.03. The molecule has 2 aromatic carbocycles. The molecule has 110 valence electrons. The van der Waals surface area contributed by atoms with Crippen LogP contribution in [0.1, 0.15) is 11.1 Å². The van der Waals surface area contributed by atoms with Crippen molar-refractivity contribution < 1.29 is 15.1 Å². The molecule has 0 atom stereocenters. The number of rotatable bonds is 5. The standard InChI is InChI=1S/C15H15ClN2O3/c16-12-2-1-3-13(14(12)15(17)18-20)21-11-6-4-10(5-7-11)8-9-19/h1-7,19-20H,8-9H2,(H2,17,18). The second kappa shape index (κ2) is 6.97. The summed E-state index contributed by atoms with van der Waals surface area (Å²) in [7, 11) is 0. The molecule has 0 amide bonds. The van der Waals surface area contributed by atoms with Crippen molar-refractivity contribution in [2.24, 2.45) is 10.9 Å². The fourth-order valence-electron chi connectivity index (χ4n) is 1.87. The maximum Gasteiger partial charge on any atom is 0.175 e. The van der Waals surface area contributed by atoms with E-state index in [1.165, 1.54) is 0 Å². The molecule has 0 bridgehead atoms. The summed E-state index contributed by atoms with van der Waals surface area (Å²) in [4.78, 5) is 0. The van der Waals surface area contributed by atoms with Gasteiger partial charge in [0.05, 0.1) is 10.6 Å². The zero-order valence-corrected chi connectivity index (χ0v) is 11.9. The summed E-state index contributed by atoms with van der Waals surface area (Å²) in [5.41, 5.74) is 6.96. The molecule has 0 saturated carbocycles. The molecule has 6 heteroatoms. The van der Waals surface area contributed by atoms with Gasteiger partial charge in [0.15, 0.2) is 5.84 Å². The van der Waals surface area contributed by atoms with Crippen LogP contribution in [0.3, 0.4) is 0 Å². The van der Waals surface area contributed by atoms with Gasteiger partial charge >= 0.3 is 0 Å². The lowest BCUT2D eigenvalue weighted by atomic mass is 10.1. The molecule has 4 N–H and O–H groups in total. The second-order valence-electron chi connectivity index (χ2n) is 4.32. The van der Waals surface area contributed by atoms with Crippen LogP contribution in [0.15, 0.2) is 47.6 Å². The molecule has 0 spiro atoms. The highest BCUT2D eigenvalue weighted by Gasteiger charge is 2.13. The number of nitrogens with two attached hydrogens (primary N) is 1. The largest absolute Gasteiger partial charge is 0.457 e. The van der Waals surface area contributed by atoms with Crippen LogP contribution in [-0.2, 0) is 6.42 Å². The van der Waals surface area contributed by atoms with Crippen LogP contribution in [0.2, 0.25) is 5.02 Å². The minimum Gasteiger partial charge on any atom is -0.457 e. The summed E-state index contributed by atoms with van der Waals surface area (Å²) in [6, 6.07) is 12.3. The number of nitrogens with zero attached hydrogens (tertiary/aromatic N) is 1. The van der Waals surface area contributed by atoms with Gasteiger partial charge in [-0.2, -0.15) is 0 Å². The summed E-state index contributed by atoms with van der Waals surface area (Å²) < 4.78 is 5.73. The highest BCUT2D eigenvalue weighted by Crippen LogP contribution is 2.30. The average molecular weight is 307 g/mol. The van der Waals surface area contributed by atoms with Crippen molar-refractivity contribution in [2.45, 2.75) is 6.42 Å². The molecule has 0 saturated heterocycles. The fourth-order valence-corrected chi connectivity index (χ4v) is 2.13. The molecule has 0 aliphatic heterocycles. The van der Waals surface area contributed by atoms with Gasteiger partial charge in [-0.1, -0.05) is 35.0 Å². The molecule has 0 aliphatic rings. The van der Waals surface area contributed by atoms with Crippen LogP contribution in [0.5, 0.6) is 11.5 Å². The number of benzene rings is 2. The molecule has 0 fully saturated rings. The van der Waals surface area contributed by atoms with E-state index in [-0.39, 0.29) is 12.4 Å². The van der Waals surface area contributed by atoms with E-state index in [1.54, 1.807) is 30.3 Å². The highest BCUT2D eigenvalue weighted by molar-refractivity contribution is 6.34. The number of hydrogen-bond donors (Lipinski definition) is 3. The van der Waals surface area contributed by atoms with Crippen LogP contribution in [0.4, 0.5) is 0 Å². The van der Waals surface area contributed by atoms with Gasteiger partial charge in [-0.05, 0) is 36.2 Å². The van der Waals surface area contributed by atoms with Crippen molar-refractivity contribution in [2.75, 3.05) is 6.61 Å². The average Bonchev–Trinajstić information content (AvgIpc) is 2.49. The maximum absolute atomic E-state index is 8.88. The van der Waals surface area contributed by atoms with Crippen molar-refractivity contribution >= 4 is 17.4 Å². The third-order valence-electron chi connectivity index (χ3n) is 2.89. The van der Waals surface area contributed by atoms with E-state index < -0.39 is 0 Å². The SMILES string of the molecule is N/C(=N/O)c1c(Cl)cccc1Oc1ccc(CCO)cc1. The molecule has 0 heterocycles. The predicted octanol–water partition coefficient (Wildman–Crippen LogP) is 2.76. The first-order chi connectivity index (χ1) is 10.2. The van der Waals surface area contributed by atoms with E-state index >= 15 is 0 Å². The highest BCUT2D eigenvalue weighted by atomic mass is 35.5. The Morgan fingerprint density at radius 3 is 2.52 bits per heavy atom. The summed E-state index contributed by atoms with van der Waals surface area (Å²) in [6.45, 7) is 0.0993. The predicted molar refractivity (Wildman–Crippen MR) is 81.3 cm³/mol. The van der Waals surface area contributed by atoms with Crippen molar-refractivity contribution in [3.05, 3.63) is 58.6 Å². The topological polar surface area (TPSA) is 88.1 Å². The summed E-state index contributed by atoms with van der Waals surface area (Å²) in [5, 5.41) is 21.0. The van der Waals surface area contributed by atoms with Gasteiger partial charge in [-0.25, -0.2) is 0 Å². The Labute approximate surface area is 127 Å². The smallest absolute Gasteiger partial charge is 0.175 e. The summed E-state index contributed by atoms with van der Waals surface area (Å²) >= 11 is 6.06. The Morgan fingerprint density at radius 2 is 1.90 bits per heavy atom. The minimum atomic E-state index is -0.118. The van der Waals surface area contributed by atoms with Gasteiger partial charge in [-0.15, -0.1) is 0 Å². The third-order valence-corrected chi connectivity index (χ3v) is 3.21. The van der Waals surface area contributed by atoms with E-state index in [0.717, 1.165) is 5.56 Å². The summed E-state index contributed by atoms with van der Waals surface area (Å²) in [5.74, 6) is 0.867. The van der Waals surface area contributed by atoms with Gasteiger partial charge in [0, 0.05) is 6.61 Å². The number of amidine groups is 1. The lowest BCUT2D eigenvalue weighted by molar-refractivity contribution is 0.299. The molecule has 0 aromatic heterocycles. The van der Waals surface area contributed by atoms with Crippen LogP contribution >= 0.6 is 11.6 Å². The van der Waals surface area contributed by atoms with E-state index in [2.05, 4.69) is 5.16 Å². The second-order valence-corrected chi connectivity index (χ2v) is 4.73. The molecule has 21 heavy (non-hydrogen) atoms. The zero-order valence-electron chi connectivity index (χ0n) is 11.2. The van der Waals surface area contributed by atoms with Crippen molar-refractivity contribution in [1.82, 2.24) is 0 Å². The third kappa shape index (κ3) is 3.65. The van der Waals surface area contributed by atoms with Crippen molar-refractivity contribution in [3.8, 4) is 11.5 Å². The number of halogens is 1. The molecular formula is C15H15ClN2O3. The molecule has 5 nitrogen and oxygen atoms in total. The van der Waals surface area contributed by atoms with Gasteiger partial charge < -0.3 is 20.8 Å². The number of aliphatic hydroxyl groups is 1. The first-order valence-corrected chi connectivity index (χ1v) is 6.67. The lowest BCUT2D eigenvalue weighted by Crippen LogP contribution is -2.14. The van der Waals surface area contributed by atoms with Crippen LogP contribution in [0, 0.1) is 0 Å². The van der Waals surface area contributed by atoms with Gasteiger partial charge in [0.2, 0.25) is 0 Å². The van der Waals surface area contributed by atoms with E-state index in [1.807, 2.05) is 12.1 Å². The molecule has 2 aromatic rings. The zero-order chi connectivity index (χ0) is 15.2. The van der Waals surface area contributed by atoms with E-state index in [4.69, 9.17) is 32.4 Å². The van der Waals surface area contributed by atoms with Gasteiger partial charge in [0.1, 0.15) is 11.5 Å². The number of aliphatic hydroxyl groups excluding tert-OH is 1. The molecular weight excluding hydrogens is 292 g/mol. The van der Waals surface area contributed by atoms with Gasteiger partial charge in [0.25, 0.3) is 0 Å².